The molecule has 1 aromatic rings. The van der Waals surface area contributed by atoms with Gasteiger partial charge in [0.2, 0.25) is 0 Å². The van der Waals surface area contributed by atoms with Crippen molar-refractivity contribution in [2.75, 3.05) is 40.0 Å². The average Bonchev–Trinajstić information content (AvgIpc) is 3.18. The first kappa shape index (κ1) is 21.1. The number of nitrogens with one attached hydrogen (secondary N) is 2. The molecule has 156 valence electrons. The van der Waals surface area contributed by atoms with Crippen LogP contribution in [-0.2, 0) is 10.2 Å². The molecule has 0 amide bonds. The summed E-state index contributed by atoms with van der Waals surface area (Å²) >= 11 is 0. The SMILES string of the molecule is CN=C(NCC1(CCO)CCOC1)NCC1(c2ccccc2C)CCCCC1. The van der Waals surface area contributed by atoms with Gasteiger partial charge in [-0.3, -0.25) is 4.99 Å². The highest BCUT2D eigenvalue weighted by atomic mass is 16.5. The van der Waals surface area contributed by atoms with Crippen LogP contribution in [0.2, 0.25) is 0 Å². The summed E-state index contributed by atoms with van der Waals surface area (Å²) in [6, 6.07) is 8.85. The van der Waals surface area contributed by atoms with Gasteiger partial charge in [0.05, 0.1) is 6.61 Å². The number of hydrogen-bond donors (Lipinski definition) is 3. The highest BCUT2D eigenvalue weighted by molar-refractivity contribution is 5.79. The number of aliphatic imine (C=N–C) groups is 1. The van der Waals surface area contributed by atoms with Gasteiger partial charge in [-0.05, 0) is 43.7 Å². The summed E-state index contributed by atoms with van der Waals surface area (Å²) in [7, 11) is 1.83. The van der Waals surface area contributed by atoms with Crippen molar-refractivity contribution >= 4 is 5.96 Å². The van der Waals surface area contributed by atoms with E-state index >= 15 is 0 Å². The number of aryl methyl sites for hydroxylation is 1. The third kappa shape index (κ3) is 4.87. The number of rotatable bonds is 7. The van der Waals surface area contributed by atoms with Crippen molar-refractivity contribution in [1.82, 2.24) is 10.6 Å². The summed E-state index contributed by atoms with van der Waals surface area (Å²) < 4.78 is 5.61. The van der Waals surface area contributed by atoms with Crippen LogP contribution in [-0.4, -0.2) is 51.0 Å². The van der Waals surface area contributed by atoms with Crippen molar-refractivity contribution in [3.8, 4) is 0 Å². The number of nitrogens with zero attached hydrogens (tertiary/aromatic N) is 1. The summed E-state index contributed by atoms with van der Waals surface area (Å²) in [5.74, 6) is 0.850. The van der Waals surface area contributed by atoms with Crippen molar-refractivity contribution in [1.29, 1.82) is 0 Å². The zero-order chi connectivity index (χ0) is 19.9. The van der Waals surface area contributed by atoms with E-state index in [0.717, 1.165) is 38.5 Å². The molecule has 1 atom stereocenters. The highest BCUT2D eigenvalue weighted by Gasteiger charge is 2.36. The maximum absolute atomic E-state index is 9.44. The predicted octanol–water partition coefficient (Wildman–Crippen LogP) is 3.15. The van der Waals surface area contributed by atoms with Crippen molar-refractivity contribution in [3.63, 3.8) is 0 Å². The third-order valence-electron chi connectivity index (χ3n) is 6.80. The standard InChI is InChI=1S/C23H37N3O2/c1-19-8-4-5-9-20(19)23(10-6-3-7-11-23)17-26-21(24-2)25-16-22(12-14-27)13-15-28-18-22/h4-5,8-9,27H,3,6-7,10-18H2,1-2H3,(H2,24,25,26). The van der Waals surface area contributed by atoms with Crippen LogP contribution in [0, 0.1) is 12.3 Å². The fourth-order valence-electron chi connectivity index (χ4n) is 4.99. The molecule has 1 aliphatic carbocycles. The normalized spacial score (nSPS) is 24.9. The Morgan fingerprint density at radius 1 is 1.11 bits per heavy atom. The predicted molar refractivity (Wildman–Crippen MR) is 115 cm³/mol. The van der Waals surface area contributed by atoms with E-state index in [0.29, 0.717) is 6.61 Å². The van der Waals surface area contributed by atoms with Crippen LogP contribution in [0.4, 0.5) is 0 Å². The van der Waals surface area contributed by atoms with E-state index in [2.05, 4.69) is 46.8 Å². The molecule has 3 N–H and O–H groups in total. The molecule has 0 aromatic heterocycles. The molecule has 5 nitrogen and oxygen atoms in total. The van der Waals surface area contributed by atoms with Gasteiger partial charge < -0.3 is 20.5 Å². The van der Waals surface area contributed by atoms with Crippen LogP contribution in [0.1, 0.15) is 56.1 Å². The monoisotopic (exact) mass is 387 g/mol. The second kappa shape index (κ2) is 9.75. The Labute approximate surface area is 170 Å². The van der Waals surface area contributed by atoms with E-state index < -0.39 is 0 Å². The van der Waals surface area contributed by atoms with E-state index in [1.807, 2.05) is 7.05 Å². The Balaban J connectivity index is 1.65. The number of guanidine groups is 1. The summed E-state index contributed by atoms with van der Waals surface area (Å²) in [4.78, 5) is 4.46. The van der Waals surface area contributed by atoms with E-state index in [9.17, 15) is 5.11 Å². The fraction of sp³-hybridized carbons (Fsp3) is 0.696. The van der Waals surface area contributed by atoms with Gasteiger partial charge in [-0.25, -0.2) is 0 Å². The molecule has 1 unspecified atom stereocenters. The molecule has 0 bridgehead atoms. The molecule has 28 heavy (non-hydrogen) atoms. The average molecular weight is 388 g/mol. The minimum absolute atomic E-state index is 0.0188. The molecule has 2 aliphatic rings. The lowest BCUT2D eigenvalue weighted by Gasteiger charge is -2.39. The molecule has 1 heterocycles. The van der Waals surface area contributed by atoms with Crippen LogP contribution in [0.15, 0.2) is 29.3 Å². The van der Waals surface area contributed by atoms with E-state index in [1.165, 1.54) is 43.2 Å². The molecule has 0 spiro atoms. The number of hydrogen-bond acceptors (Lipinski definition) is 3. The molecule has 1 aromatic carbocycles. The van der Waals surface area contributed by atoms with Crippen molar-refractivity contribution < 1.29 is 9.84 Å². The minimum Gasteiger partial charge on any atom is -0.396 e. The quantitative estimate of drug-likeness (QED) is 0.497. The Morgan fingerprint density at radius 2 is 1.86 bits per heavy atom. The molecule has 1 aliphatic heterocycles. The number of aliphatic hydroxyl groups excluding tert-OH is 1. The molecule has 5 heteroatoms. The third-order valence-corrected chi connectivity index (χ3v) is 6.80. The van der Waals surface area contributed by atoms with Gasteiger partial charge in [0, 0.05) is 44.2 Å². The summed E-state index contributed by atoms with van der Waals surface area (Å²) in [6.45, 7) is 5.62. The van der Waals surface area contributed by atoms with Crippen LogP contribution in [0.3, 0.4) is 0 Å². The maximum atomic E-state index is 9.44. The Hall–Kier alpha value is -1.59. The lowest BCUT2D eigenvalue weighted by Crippen LogP contribution is -2.49. The van der Waals surface area contributed by atoms with Crippen molar-refractivity contribution in [3.05, 3.63) is 35.4 Å². The molecule has 2 fully saturated rings. The second-order valence-corrected chi connectivity index (χ2v) is 8.71. The van der Waals surface area contributed by atoms with Crippen LogP contribution < -0.4 is 10.6 Å². The van der Waals surface area contributed by atoms with Gasteiger partial charge >= 0.3 is 0 Å². The second-order valence-electron chi connectivity index (χ2n) is 8.71. The zero-order valence-corrected chi connectivity index (χ0v) is 17.6. The lowest BCUT2D eigenvalue weighted by atomic mass is 9.68. The van der Waals surface area contributed by atoms with Crippen LogP contribution in [0.5, 0.6) is 0 Å². The molecular weight excluding hydrogens is 350 g/mol. The Bertz CT molecular complexity index is 647. The van der Waals surface area contributed by atoms with Crippen molar-refractivity contribution in [2.24, 2.45) is 10.4 Å². The van der Waals surface area contributed by atoms with Gasteiger partial charge in [-0.2, -0.15) is 0 Å². The van der Waals surface area contributed by atoms with E-state index in [1.54, 1.807) is 0 Å². The van der Waals surface area contributed by atoms with Gasteiger partial charge in [0.25, 0.3) is 0 Å². The first-order valence-corrected chi connectivity index (χ1v) is 10.8. The Morgan fingerprint density at radius 3 is 2.50 bits per heavy atom. The smallest absolute Gasteiger partial charge is 0.191 e. The van der Waals surface area contributed by atoms with Crippen molar-refractivity contribution in [2.45, 2.75) is 57.3 Å². The highest BCUT2D eigenvalue weighted by Crippen LogP contribution is 2.40. The molecule has 3 rings (SSSR count). The van der Waals surface area contributed by atoms with E-state index in [4.69, 9.17) is 4.74 Å². The van der Waals surface area contributed by atoms with Crippen LogP contribution >= 0.6 is 0 Å². The zero-order valence-electron chi connectivity index (χ0n) is 17.6. The lowest BCUT2D eigenvalue weighted by molar-refractivity contribution is 0.127. The van der Waals surface area contributed by atoms with Gasteiger partial charge in [0.1, 0.15) is 0 Å². The molecule has 1 saturated heterocycles. The summed E-state index contributed by atoms with van der Waals surface area (Å²) in [6.07, 6.45) is 8.13. The first-order valence-electron chi connectivity index (χ1n) is 10.8. The number of ether oxygens (including phenoxy) is 1. The molecule has 1 saturated carbocycles. The first-order chi connectivity index (χ1) is 13.6. The minimum atomic E-state index is 0.0188. The number of benzene rings is 1. The molecule has 0 radical (unpaired) electrons. The number of aliphatic hydroxyl groups is 1. The fourth-order valence-corrected chi connectivity index (χ4v) is 4.99. The van der Waals surface area contributed by atoms with E-state index in [-0.39, 0.29) is 17.4 Å². The Kier molecular flexibility index (Phi) is 7.36. The van der Waals surface area contributed by atoms with Crippen LogP contribution in [0.25, 0.3) is 0 Å². The van der Waals surface area contributed by atoms with Gasteiger partial charge in [-0.1, -0.05) is 43.5 Å². The largest absolute Gasteiger partial charge is 0.396 e. The topological polar surface area (TPSA) is 65.9 Å². The summed E-state index contributed by atoms with van der Waals surface area (Å²) in [5.41, 5.74) is 3.07. The van der Waals surface area contributed by atoms with Gasteiger partial charge in [0.15, 0.2) is 5.96 Å². The summed E-state index contributed by atoms with van der Waals surface area (Å²) in [5, 5.41) is 16.6. The van der Waals surface area contributed by atoms with Gasteiger partial charge in [-0.15, -0.1) is 0 Å². The maximum Gasteiger partial charge on any atom is 0.191 e. The molecular formula is C23H37N3O2.